The monoisotopic (exact) mass is 1010 g/mol. The van der Waals surface area contributed by atoms with Crippen molar-refractivity contribution in [2.24, 2.45) is 5.16 Å². The van der Waals surface area contributed by atoms with Gasteiger partial charge in [-0.15, -0.1) is 0 Å². The molecule has 0 aliphatic carbocycles. The third-order valence-electron chi connectivity index (χ3n) is 7.10. The molecule has 0 fully saturated rings. The van der Waals surface area contributed by atoms with Crippen LogP contribution in [0.25, 0.3) is 0 Å². The van der Waals surface area contributed by atoms with E-state index in [1.54, 1.807) is 85.1 Å². The summed E-state index contributed by atoms with van der Waals surface area (Å²) in [5.74, 6) is 10.1. The maximum atomic E-state index is 12.0. The molecule has 16 nitrogen and oxygen atoms in total. The summed E-state index contributed by atoms with van der Waals surface area (Å²) in [5.41, 5.74) is 4.13. The van der Waals surface area contributed by atoms with E-state index in [1.165, 1.54) is 32.0 Å². The lowest BCUT2D eigenvalue weighted by Crippen LogP contribution is -2.46. The molecule has 0 spiro atoms. The summed E-state index contributed by atoms with van der Waals surface area (Å²) in [4.78, 5) is 22.1. The van der Waals surface area contributed by atoms with Gasteiger partial charge in [0.15, 0.2) is 0 Å². The molecule has 2 aromatic carbocycles. The number of aromatic nitrogens is 2. The number of thiazole rings is 2. The van der Waals surface area contributed by atoms with E-state index in [-0.39, 0.29) is 41.0 Å². The van der Waals surface area contributed by atoms with E-state index >= 15 is 0 Å². The Labute approximate surface area is 364 Å². The average Bonchev–Trinajstić information content (AvgIpc) is 3.55. The Morgan fingerprint density at radius 3 is 1.38 bits per heavy atom. The molecule has 22 heteroatoms. The number of nitrogens with two attached hydrogens (primary N) is 2. The molecular formula is C36H49Br2N5O11S4. The van der Waals surface area contributed by atoms with E-state index in [1.807, 2.05) is 13.8 Å². The van der Waals surface area contributed by atoms with Gasteiger partial charge < -0.3 is 19.1 Å². The van der Waals surface area contributed by atoms with Crippen LogP contribution in [0.1, 0.15) is 77.0 Å². The molecule has 58 heavy (non-hydrogen) atoms. The van der Waals surface area contributed by atoms with Crippen molar-refractivity contribution in [1.82, 2.24) is 0 Å². The van der Waals surface area contributed by atoms with Crippen LogP contribution in [0.5, 0.6) is 0 Å². The van der Waals surface area contributed by atoms with Gasteiger partial charge >= 0.3 is 22.1 Å². The Kier molecular flexibility index (Phi) is 22.0. The van der Waals surface area contributed by atoms with Gasteiger partial charge in [-0.1, -0.05) is 85.9 Å². The van der Waals surface area contributed by atoms with Crippen molar-refractivity contribution >= 4 is 92.6 Å². The largest absolute Gasteiger partial charge is 0.859 e. The van der Waals surface area contributed by atoms with Gasteiger partial charge in [0.05, 0.1) is 18.1 Å². The fourth-order valence-corrected chi connectivity index (χ4v) is 10.3. The lowest BCUT2D eigenvalue weighted by atomic mass is 10.1. The molecule has 322 valence electrons. The van der Waals surface area contributed by atoms with E-state index in [4.69, 9.17) is 21.2 Å². The molecule has 0 amide bonds. The molecule has 0 atom stereocenters. The van der Waals surface area contributed by atoms with E-state index < -0.39 is 26.1 Å². The summed E-state index contributed by atoms with van der Waals surface area (Å²) in [5, 5.41) is 15.9. The fraction of sp³-hybridized carbons (Fsp3) is 0.417. The number of aryl methyl sites for hydroxylation is 6. The summed E-state index contributed by atoms with van der Waals surface area (Å²) in [6, 6.07) is 6.88. The predicted octanol–water partition coefficient (Wildman–Crippen LogP) is 4.54. The first-order valence-corrected chi connectivity index (χ1v) is 23.4. The van der Waals surface area contributed by atoms with Gasteiger partial charge in [-0.2, -0.15) is 8.42 Å². The number of nitrogens with zero attached hydrogens (tertiary/aromatic N) is 3. The van der Waals surface area contributed by atoms with Gasteiger partial charge in [0, 0.05) is 5.90 Å². The summed E-state index contributed by atoms with van der Waals surface area (Å²) in [6.45, 7) is 16.5. The Balaban J connectivity index is 0.000000393. The Bertz CT molecular complexity index is 2170. The molecule has 0 aliphatic rings. The first kappa shape index (κ1) is 52.3. The number of ether oxygens (including phenoxy) is 2. The number of nitrogen functional groups attached to an aromatic ring is 2. The zero-order valence-corrected chi connectivity index (χ0v) is 40.0. The van der Waals surface area contributed by atoms with E-state index in [2.05, 4.69) is 41.3 Å². The minimum atomic E-state index is -4.33. The van der Waals surface area contributed by atoms with Crippen LogP contribution in [-0.2, 0) is 56.4 Å². The molecule has 2 heterocycles. The smallest absolute Gasteiger partial charge is 0.358 e. The minimum Gasteiger partial charge on any atom is -0.859 e. The van der Waals surface area contributed by atoms with E-state index in [9.17, 15) is 36.1 Å². The number of benzene rings is 2. The highest BCUT2D eigenvalue weighted by Gasteiger charge is 2.22. The Morgan fingerprint density at radius 2 is 1.09 bits per heavy atom. The van der Waals surface area contributed by atoms with Crippen molar-refractivity contribution in [3.05, 3.63) is 87.6 Å². The lowest BCUT2D eigenvalue weighted by molar-refractivity contribution is -0.641. The van der Waals surface area contributed by atoms with Crippen LogP contribution in [0.4, 0.5) is 0 Å². The van der Waals surface area contributed by atoms with Crippen LogP contribution >= 0.6 is 54.5 Å². The van der Waals surface area contributed by atoms with Crippen LogP contribution in [0.15, 0.2) is 59.2 Å². The quantitative estimate of drug-likeness (QED) is 0.0377. The molecular weight excluding hydrogens is 966 g/mol. The average molecular weight is 1020 g/mol. The normalized spacial score (nSPS) is 11.2. The molecule has 4 N–H and O–H groups in total. The van der Waals surface area contributed by atoms with Gasteiger partial charge in [0.25, 0.3) is 10.0 Å². The predicted molar refractivity (Wildman–Crippen MR) is 225 cm³/mol. The summed E-state index contributed by atoms with van der Waals surface area (Å²) in [6.07, 6.45) is 4.62. The molecule has 4 rings (SSSR count). The van der Waals surface area contributed by atoms with Gasteiger partial charge in [0.1, 0.15) is 35.4 Å². The van der Waals surface area contributed by atoms with Crippen LogP contribution in [0.2, 0.25) is 0 Å². The second-order valence-corrected chi connectivity index (χ2v) is 20.1. The third-order valence-corrected chi connectivity index (χ3v) is 12.8. The number of carbonyl (C=O) groups excluding carboxylic acids is 2. The van der Waals surface area contributed by atoms with Crippen LogP contribution < -0.4 is 26.1 Å². The highest BCUT2D eigenvalue weighted by Crippen LogP contribution is 2.24. The van der Waals surface area contributed by atoms with Gasteiger partial charge in [-0.3, -0.25) is 13.9 Å². The number of carbonyl (C=O) groups is 2. The van der Waals surface area contributed by atoms with Gasteiger partial charge in [0.2, 0.25) is 12.4 Å². The van der Waals surface area contributed by atoms with Crippen molar-refractivity contribution in [2.45, 2.75) is 97.8 Å². The molecule has 4 aromatic rings. The second kappa shape index (κ2) is 24.4. The molecule has 2 aromatic heterocycles. The fourth-order valence-electron chi connectivity index (χ4n) is 5.18. The van der Waals surface area contributed by atoms with Crippen LogP contribution in [0, 0.1) is 41.5 Å². The SMILES string of the molecule is CCC/C([O-])=N/OS(=O)(=O)c1c(C)cc(C)cc1C.CCOC(=O)Cc1sc(Br)c[n+]1N.CCOC(=O)Cc1sc(Br)c[n+]1N.Cc1cc(C)c(S(=O)(=O)[O-])c(C)c1. The number of hydrogen-bond donors (Lipinski definition) is 2. The molecule has 0 aliphatic heterocycles. The first-order valence-electron chi connectivity index (χ1n) is 17.4. The molecule has 0 radical (unpaired) electrons. The van der Waals surface area contributed by atoms with Crippen molar-refractivity contribution < 1.29 is 59.2 Å². The minimum absolute atomic E-state index is 0.0751. The lowest BCUT2D eigenvalue weighted by Gasteiger charge is -2.14. The van der Waals surface area contributed by atoms with Crippen LogP contribution in [-0.4, -0.2) is 52.4 Å². The topological polar surface area (TPSA) is 248 Å². The zero-order chi connectivity index (χ0) is 44.5. The Hall–Kier alpha value is -3.67. The number of hydrogen-bond acceptors (Lipinski definition) is 16. The first-order chi connectivity index (χ1) is 26.9. The third kappa shape index (κ3) is 18.1. The highest BCUT2D eigenvalue weighted by atomic mass is 79.9. The molecule has 0 saturated carbocycles. The summed E-state index contributed by atoms with van der Waals surface area (Å²) in [7, 11) is -8.37. The maximum Gasteiger partial charge on any atom is 0.358 e. The Morgan fingerprint density at radius 1 is 0.724 bits per heavy atom. The van der Waals surface area contributed by atoms with E-state index in [0.29, 0.717) is 41.9 Å². The number of esters is 2. The van der Waals surface area contributed by atoms with Crippen molar-refractivity contribution in [2.75, 3.05) is 24.9 Å². The second-order valence-electron chi connectivity index (χ2n) is 12.3. The zero-order valence-electron chi connectivity index (χ0n) is 33.6. The van der Waals surface area contributed by atoms with Crippen molar-refractivity contribution in [3.8, 4) is 0 Å². The van der Waals surface area contributed by atoms with Gasteiger partial charge in [-0.25, -0.2) is 20.1 Å². The number of rotatable bonds is 12. The molecule has 0 saturated heterocycles. The van der Waals surface area contributed by atoms with E-state index in [0.717, 1.165) is 28.7 Å². The van der Waals surface area contributed by atoms with Crippen molar-refractivity contribution in [1.29, 1.82) is 0 Å². The van der Waals surface area contributed by atoms with Crippen molar-refractivity contribution in [3.63, 3.8) is 0 Å². The standard InChI is InChI=1S/C13H19NO4S.C9H12O3S.2C7H10BrN2O2S/c1-5-6-12(15)14-18-19(16,17)13-10(3)7-9(2)8-11(13)4;1-6-4-7(2)9(8(3)5-6)13(10,11)12;2*1-2-12-7(11)3-6-10(9)4-5(8)13-6/h7-8H,5-6H2,1-4H3,(H,14,15);4-5H,1-3H3,(H,10,11,12);2*4H,2-3,9H2,1H3/q;;2*+1/p-2. The molecule has 0 bridgehead atoms. The van der Waals surface area contributed by atoms with Gasteiger partial charge in [-0.05, 0) is 116 Å². The highest BCUT2D eigenvalue weighted by molar-refractivity contribution is 9.11. The van der Waals surface area contributed by atoms with Crippen LogP contribution in [0.3, 0.4) is 0 Å². The summed E-state index contributed by atoms with van der Waals surface area (Å²) >= 11 is 9.40. The molecule has 0 unspecified atom stereocenters. The maximum absolute atomic E-state index is 12.0. The number of halogens is 2. The summed E-state index contributed by atoms with van der Waals surface area (Å²) < 4.78 is 75.2. The number of oxime groups is 1.